The molecule has 0 heterocycles. The van der Waals surface area contributed by atoms with Crippen LogP contribution in [-0.4, -0.2) is 10.9 Å². The average molecular weight is 429 g/mol. The van der Waals surface area contributed by atoms with Crippen molar-refractivity contribution in [1.29, 1.82) is 0 Å². The van der Waals surface area contributed by atoms with E-state index in [2.05, 4.69) is 36.7 Å². The van der Waals surface area contributed by atoms with Gasteiger partial charge in [-0.2, -0.15) is 0 Å². The molecule has 130 valence electrons. The maximum absolute atomic E-state index is 6.38. The Kier molecular flexibility index (Phi) is 18.2. The summed E-state index contributed by atoms with van der Waals surface area (Å²) in [7, 11) is 0. The first-order valence-corrected chi connectivity index (χ1v) is 9.99. The van der Waals surface area contributed by atoms with Crippen LogP contribution >= 0.6 is 32.9 Å². The van der Waals surface area contributed by atoms with Gasteiger partial charge in [0.25, 0.3) is 0 Å². The lowest BCUT2D eigenvalue weighted by molar-refractivity contribution is 0.267. The first kappa shape index (κ1) is 24.2. The summed E-state index contributed by atoms with van der Waals surface area (Å²) in [5.74, 6) is 0.706. The lowest BCUT2D eigenvalue weighted by Crippen LogP contribution is -2.40. The first-order chi connectivity index (χ1) is 9.52. The summed E-state index contributed by atoms with van der Waals surface area (Å²) >= 11 is 3.50. The van der Waals surface area contributed by atoms with Crippen LogP contribution < -0.4 is 5.73 Å². The van der Waals surface area contributed by atoms with Gasteiger partial charge < -0.3 is 5.73 Å². The Morgan fingerprint density at radius 2 is 1.24 bits per heavy atom. The van der Waals surface area contributed by atoms with E-state index in [1.54, 1.807) is 0 Å². The zero-order valence-corrected chi connectivity index (χ0v) is 17.9. The van der Waals surface area contributed by atoms with Crippen LogP contribution in [0.3, 0.4) is 0 Å². The number of halogens is 2. The minimum absolute atomic E-state index is 0. The van der Waals surface area contributed by atoms with Gasteiger partial charge >= 0.3 is 0 Å². The third kappa shape index (κ3) is 15.6. The van der Waals surface area contributed by atoms with Crippen molar-refractivity contribution in [1.82, 2.24) is 0 Å². The number of hydrogen-bond acceptors (Lipinski definition) is 1. The maximum Gasteiger partial charge on any atom is 0.0125 e. The number of rotatable bonds is 14. The fraction of sp³-hybridized carbons (Fsp3) is 1.00. The van der Waals surface area contributed by atoms with Gasteiger partial charge in [-0.15, -0.1) is 17.0 Å². The predicted molar refractivity (Wildman–Crippen MR) is 107 cm³/mol. The highest BCUT2D eigenvalue weighted by Crippen LogP contribution is 2.27. The monoisotopic (exact) mass is 427 g/mol. The van der Waals surface area contributed by atoms with E-state index in [1.165, 1.54) is 77.0 Å². The summed E-state index contributed by atoms with van der Waals surface area (Å²) in [5.41, 5.74) is 6.37. The smallest absolute Gasteiger partial charge is 0.0125 e. The summed E-state index contributed by atoms with van der Waals surface area (Å²) in [6, 6.07) is 0. The van der Waals surface area contributed by atoms with Gasteiger partial charge in [-0.05, 0) is 39.0 Å². The molecular weight excluding hydrogens is 390 g/mol. The lowest BCUT2D eigenvalue weighted by atomic mass is 9.80. The van der Waals surface area contributed by atoms with Crippen molar-refractivity contribution in [3.8, 4) is 0 Å². The molecule has 0 rings (SSSR count). The Bertz CT molecular complexity index is 202. The van der Waals surface area contributed by atoms with Crippen molar-refractivity contribution >= 4 is 32.9 Å². The van der Waals surface area contributed by atoms with Crippen molar-refractivity contribution in [3.63, 3.8) is 0 Å². The van der Waals surface area contributed by atoms with E-state index in [1.807, 2.05) is 0 Å². The van der Waals surface area contributed by atoms with Gasteiger partial charge in [-0.1, -0.05) is 80.6 Å². The molecule has 2 N–H and O–H groups in total. The lowest BCUT2D eigenvalue weighted by Gasteiger charge is -2.31. The average Bonchev–Trinajstić information content (AvgIpc) is 2.38. The molecule has 0 spiro atoms. The Morgan fingerprint density at radius 3 is 1.67 bits per heavy atom. The van der Waals surface area contributed by atoms with Crippen LogP contribution in [0.25, 0.3) is 0 Å². The van der Waals surface area contributed by atoms with Gasteiger partial charge in [0.1, 0.15) is 0 Å². The zero-order chi connectivity index (χ0) is 15.3. The Balaban J connectivity index is 0. The first-order valence-electron chi connectivity index (χ1n) is 8.87. The predicted octanol–water partition coefficient (Wildman–Crippen LogP) is 7.01. The summed E-state index contributed by atoms with van der Waals surface area (Å²) in [6.07, 6.45) is 16.4. The number of alkyl halides is 1. The molecule has 0 radical (unpaired) electrons. The van der Waals surface area contributed by atoms with Crippen LogP contribution in [0.1, 0.15) is 97.8 Å². The summed E-state index contributed by atoms with van der Waals surface area (Å²) in [6.45, 7) is 6.71. The van der Waals surface area contributed by atoms with E-state index in [0.717, 1.165) is 5.33 Å². The molecule has 0 aliphatic carbocycles. The summed E-state index contributed by atoms with van der Waals surface area (Å²) in [4.78, 5) is 0. The third-order valence-electron chi connectivity index (χ3n) is 4.39. The molecule has 0 aromatic carbocycles. The van der Waals surface area contributed by atoms with E-state index in [0.29, 0.717) is 5.92 Å². The second-order valence-electron chi connectivity index (χ2n) is 6.97. The van der Waals surface area contributed by atoms with E-state index >= 15 is 0 Å². The van der Waals surface area contributed by atoms with E-state index in [9.17, 15) is 0 Å². The summed E-state index contributed by atoms with van der Waals surface area (Å²) in [5, 5.41) is 1.15. The Hall–Kier alpha value is 0.920. The van der Waals surface area contributed by atoms with Crippen LogP contribution in [0.2, 0.25) is 0 Å². The molecule has 1 unspecified atom stereocenters. The van der Waals surface area contributed by atoms with Crippen LogP contribution in [-0.2, 0) is 0 Å². The highest BCUT2D eigenvalue weighted by molar-refractivity contribution is 9.09. The SMILES string of the molecule is Br.CCCCCCCCC(CCCCCCBr)C(C)(C)N. The van der Waals surface area contributed by atoms with Crippen LogP contribution in [0.15, 0.2) is 0 Å². The fourth-order valence-electron chi connectivity index (χ4n) is 2.90. The van der Waals surface area contributed by atoms with Crippen LogP contribution in [0, 0.1) is 5.92 Å². The Morgan fingerprint density at radius 1 is 0.810 bits per heavy atom. The zero-order valence-electron chi connectivity index (χ0n) is 14.6. The molecule has 0 bridgehead atoms. The van der Waals surface area contributed by atoms with Crippen molar-refractivity contribution in [2.24, 2.45) is 11.7 Å². The molecule has 21 heavy (non-hydrogen) atoms. The van der Waals surface area contributed by atoms with Gasteiger partial charge in [0.15, 0.2) is 0 Å². The van der Waals surface area contributed by atoms with Crippen LogP contribution in [0.4, 0.5) is 0 Å². The van der Waals surface area contributed by atoms with Crippen LogP contribution in [0.5, 0.6) is 0 Å². The van der Waals surface area contributed by atoms with Gasteiger partial charge in [0, 0.05) is 10.9 Å². The number of nitrogens with two attached hydrogens (primary N) is 1. The van der Waals surface area contributed by atoms with Crippen molar-refractivity contribution in [2.75, 3.05) is 5.33 Å². The van der Waals surface area contributed by atoms with Gasteiger partial charge in [-0.25, -0.2) is 0 Å². The van der Waals surface area contributed by atoms with Gasteiger partial charge in [0.2, 0.25) is 0 Å². The normalized spacial score (nSPS) is 13.0. The number of unbranched alkanes of at least 4 members (excludes halogenated alkanes) is 8. The molecule has 0 saturated heterocycles. The van der Waals surface area contributed by atoms with Crippen molar-refractivity contribution in [2.45, 2.75) is 103 Å². The second kappa shape index (κ2) is 15.8. The fourth-order valence-corrected chi connectivity index (χ4v) is 3.29. The Labute approximate surface area is 153 Å². The van der Waals surface area contributed by atoms with E-state index < -0.39 is 0 Å². The van der Waals surface area contributed by atoms with Gasteiger partial charge in [0.05, 0.1) is 0 Å². The van der Waals surface area contributed by atoms with Crippen molar-refractivity contribution in [3.05, 3.63) is 0 Å². The quantitative estimate of drug-likeness (QED) is 0.233. The van der Waals surface area contributed by atoms with E-state index in [4.69, 9.17) is 5.73 Å². The molecule has 1 nitrogen and oxygen atoms in total. The molecule has 0 aliphatic heterocycles. The second-order valence-corrected chi connectivity index (χ2v) is 7.76. The van der Waals surface area contributed by atoms with Gasteiger partial charge in [-0.3, -0.25) is 0 Å². The molecule has 0 saturated carbocycles. The van der Waals surface area contributed by atoms with E-state index in [-0.39, 0.29) is 22.5 Å². The largest absolute Gasteiger partial charge is 0.325 e. The highest BCUT2D eigenvalue weighted by Gasteiger charge is 2.23. The minimum Gasteiger partial charge on any atom is -0.325 e. The molecular formula is C18H39Br2N. The third-order valence-corrected chi connectivity index (χ3v) is 4.96. The molecule has 0 fully saturated rings. The number of hydrogen-bond donors (Lipinski definition) is 1. The molecule has 1 atom stereocenters. The molecule has 3 heteroatoms. The van der Waals surface area contributed by atoms with Crippen molar-refractivity contribution < 1.29 is 0 Å². The molecule has 0 aromatic rings. The maximum atomic E-state index is 6.38. The molecule has 0 aromatic heterocycles. The highest BCUT2D eigenvalue weighted by atomic mass is 79.9. The standard InChI is InChI=1S/C18H38BrN.BrH/c1-4-5-6-7-8-11-14-17(18(2,3)20)15-12-9-10-13-16-19;/h17H,4-16,20H2,1-3H3;1H. The molecule has 0 aliphatic rings. The minimum atomic E-state index is -0.00115. The summed E-state index contributed by atoms with van der Waals surface area (Å²) < 4.78 is 0. The molecule has 0 amide bonds. The topological polar surface area (TPSA) is 26.0 Å².